The molecule has 0 aliphatic heterocycles. The van der Waals surface area contributed by atoms with E-state index in [-0.39, 0.29) is 27.4 Å². The minimum Gasteiger partial charge on any atom is -0.467 e. The Morgan fingerprint density at radius 3 is 2.56 bits per heavy atom. The van der Waals surface area contributed by atoms with Gasteiger partial charge >= 0.3 is 23.7 Å². The van der Waals surface area contributed by atoms with Crippen molar-refractivity contribution in [1.82, 2.24) is 19.1 Å². The van der Waals surface area contributed by atoms with Crippen LogP contribution in [-0.2, 0) is 14.8 Å². The molecule has 0 atom stereocenters. The molecular weight excluding hydrogens is 400 g/mol. The van der Waals surface area contributed by atoms with Gasteiger partial charge in [0.05, 0.1) is 19.8 Å². The Bertz CT molecular complexity index is 1080. The Morgan fingerprint density at radius 1 is 1.33 bits per heavy atom. The van der Waals surface area contributed by atoms with Crippen molar-refractivity contribution in [2.24, 2.45) is 0 Å². The van der Waals surface area contributed by atoms with Gasteiger partial charge in [0.1, 0.15) is 4.90 Å². The molecule has 3 rings (SSSR count). The number of nitrogens with one attached hydrogen (secondary N) is 1. The van der Waals surface area contributed by atoms with Gasteiger partial charge in [0, 0.05) is 16.3 Å². The molecule has 1 aliphatic carbocycles. The fraction of sp³-hybridized carbons (Fsp3) is 0.429. The number of aryl methyl sites for hydroxylation is 1. The summed E-state index contributed by atoms with van der Waals surface area (Å²) in [4.78, 5) is 36.5. The third-order valence-electron chi connectivity index (χ3n) is 3.88. The number of aromatic nitrogens is 3. The van der Waals surface area contributed by atoms with Gasteiger partial charge in [0.25, 0.3) is 10.0 Å². The number of hydrogen-bond acceptors (Lipinski definition) is 9. The minimum atomic E-state index is -4.45. The molecule has 11 nitrogen and oxygen atoms in total. The number of carbonyl (C=O) groups excluding carboxylic acids is 2. The number of rotatable bonds is 5. The zero-order chi connectivity index (χ0) is 19.9. The monoisotopic (exact) mass is 416 g/mol. The fourth-order valence-electron chi connectivity index (χ4n) is 2.51. The van der Waals surface area contributed by atoms with Crippen LogP contribution in [0.25, 0.3) is 0 Å². The van der Waals surface area contributed by atoms with Gasteiger partial charge in [-0.1, -0.05) is 0 Å². The molecule has 0 aromatic carbocycles. The third kappa shape index (κ3) is 3.35. The highest BCUT2D eigenvalue weighted by molar-refractivity contribution is 7.90. The van der Waals surface area contributed by atoms with Gasteiger partial charge in [-0.05, 0) is 19.8 Å². The van der Waals surface area contributed by atoms with Crippen molar-refractivity contribution >= 4 is 33.4 Å². The molecule has 1 fully saturated rings. The average molecular weight is 416 g/mol. The van der Waals surface area contributed by atoms with Gasteiger partial charge < -0.3 is 9.47 Å². The molecular formula is C14H16N4O7S2. The first-order chi connectivity index (χ1) is 12.7. The van der Waals surface area contributed by atoms with E-state index in [1.807, 2.05) is 0 Å². The number of thiophene rings is 1. The van der Waals surface area contributed by atoms with Crippen LogP contribution in [0.1, 0.15) is 34.1 Å². The number of methoxy groups -OCH3 is 2. The lowest BCUT2D eigenvalue weighted by atomic mass is 10.3. The van der Waals surface area contributed by atoms with Crippen molar-refractivity contribution in [1.29, 1.82) is 0 Å². The van der Waals surface area contributed by atoms with Crippen LogP contribution < -0.4 is 15.1 Å². The van der Waals surface area contributed by atoms with Crippen molar-refractivity contribution in [2.75, 3.05) is 14.2 Å². The predicted octanol–water partition coefficient (Wildman–Crippen LogP) is 0.491. The number of ether oxygens (including phenoxy) is 2. The summed E-state index contributed by atoms with van der Waals surface area (Å²) in [5, 5.41) is 5.05. The molecule has 2 aromatic rings. The van der Waals surface area contributed by atoms with Crippen LogP contribution in [0.4, 0.5) is 4.79 Å². The van der Waals surface area contributed by atoms with E-state index in [1.165, 1.54) is 24.0 Å². The highest BCUT2D eigenvalue weighted by Crippen LogP contribution is 2.35. The molecule has 27 heavy (non-hydrogen) atoms. The summed E-state index contributed by atoms with van der Waals surface area (Å²) < 4.78 is 38.2. The number of hydrogen-bond donors (Lipinski definition) is 1. The molecule has 1 amide bonds. The van der Waals surface area contributed by atoms with Gasteiger partial charge in [0.15, 0.2) is 0 Å². The van der Waals surface area contributed by atoms with Gasteiger partial charge in [-0.2, -0.15) is 0 Å². The van der Waals surface area contributed by atoms with E-state index < -0.39 is 27.7 Å². The average Bonchev–Trinajstić information content (AvgIpc) is 3.28. The van der Waals surface area contributed by atoms with Gasteiger partial charge in [-0.25, -0.2) is 32.1 Å². The topological polar surface area (TPSA) is 139 Å². The molecule has 1 N–H and O–H groups in total. The zero-order valence-electron chi connectivity index (χ0n) is 14.6. The van der Waals surface area contributed by atoms with Crippen molar-refractivity contribution in [3.8, 4) is 6.01 Å². The van der Waals surface area contributed by atoms with Crippen LogP contribution in [0.15, 0.2) is 15.1 Å². The van der Waals surface area contributed by atoms with Crippen LogP contribution >= 0.6 is 11.3 Å². The lowest BCUT2D eigenvalue weighted by molar-refractivity contribution is 0.0597. The standard InChI is InChI=1S/C14H16N4O7S2/c1-7-10(9(6-26-7)11(19)24-2)27(22,23)16-12(20)18-14(21)17(8-4-5-8)13(15-18)25-3/h6,8H,4-5H2,1-3H3,(H,16,20). The van der Waals surface area contributed by atoms with E-state index in [0.717, 1.165) is 31.3 Å². The van der Waals surface area contributed by atoms with Crippen molar-refractivity contribution in [3.05, 3.63) is 26.3 Å². The number of sulfonamides is 1. The molecule has 0 unspecified atom stereocenters. The smallest absolute Gasteiger partial charge is 0.360 e. The van der Waals surface area contributed by atoms with Crippen LogP contribution in [0.5, 0.6) is 6.01 Å². The van der Waals surface area contributed by atoms with Crippen molar-refractivity contribution < 1.29 is 27.5 Å². The van der Waals surface area contributed by atoms with Gasteiger partial charge in [-0.3, -0.25) is 0 Å². The summed E-state index contributed by atoms with van der Waals surface area (Å²) in [5.74, 6) is -0.857. The van der Waals surface area contributed by atoms with Gasteiger partial charge in [0.2, 0.25) is 0 Å². The molecule has 0 saturated heterocycles. The number of esters is 1. The second kappa shape index (κ2) is 6.81. The lowest BCUT2D eigenvalue weighted by Gasteiger charge is -2.07. The van der Waals surface area contributed by atoms with E-state index in [1.54, 1.807) is 4.72 Å². The maximum Gasteiger partial charge on any atom is 0.360 e. The SMILES string of the molecule is COC(=O)c1csc(C)c1S(=O)(=O)NC(=O)n1nc(OC)n(C2CC2)c1=O. The number of carbonyl (C=O) groups is 2. The van der Waals surface area contributed by atoms with E-state index in [2.05, 4.69) is 9.84 Å². The summed E-state index contributed by atoms with van der Waals surface area (Å²) in [6.07, 6.45) is 1.47. The summed E-state index contributed by atoms with van der Waals surface area (Å²) in [5.41, 5.74) is -1.01. The van der Waals surface area contributed by atoms with E-state index in [9.17, 15) is 22.8 Å². The predicted molar refractivity (Wildman–Crippen MR) is 92.8 cm³/mol. The number of amides is 1. The molecule has 0 radical (unpaired) electrons. The maximum atomic E-state index is 12.6. The highest BCUT2D eigenvalue weighted by Gasteiger charge is 2.34. The number of nitrogens with zero attached hydrogens (tertiary/aromatic N) is 3. The van der Waals surface area contributed by atoms with Crippen LogP contribution in [-0.4, -0.2) is 49.0 Å². The molecule has 0 spiro atoms. The minimum absolute atomic E-state index is 0.0861. The molecule has 2 heterocycles. The Labute approximate surface area is 157 Å². The highest BCUT2D eigenvalue weighted by atomic mass is 32.2. The van der Waals surface area contributed by atoms with Crippen molar-refractivity contribution in [3.63, 3.8) is 0 Å². The Hall–Kier alpha value is -2.67. The van der Waals surface area contributed by atoms with E-state index in [0.29, 0.717) is 4.68 Å². The molecule has 2 aromatic heterocycles. The molecule has 0 bridgehead atoms. The molecule has 146 valence electrons. The first-order valence-electron chi connectivity index (χ1n) is 7.70. The summed E-state index contributed by atoms with van der Waals surface area (Å²) in [6.45, 7) is 1.48. The Morgan fingerprint density at radius 2 is 2.00 bits per heavy atom. The van der Waals surface area contributed by atoms with Crippen LogP contribution in [0.3, 0.4) is 0 Å². The van der Waals surface area contributed by atoms with Crippen LogP contribution in [0.2, 0.25) is 0 Å². The fourth-order valence-corrected chi connectivity index (χ4v) is 5.02. The quantitative estimate of drug-likeness (QED) is 0.695. The molecule has 13 heteroatoms. The lowest BCUT2D eigenvalue weighted by Crippen LogP contribution is -2.41. The Balaban J connectivity index is 1.96. The van der Waals surface area contributed by atoms with Crippen LogP contribution in [0, 0.1) is 6.92 Å². The summed E-state index contributed by atoms with van der Waals surface area (Å²) in [7, 11) is -2.05. The van der Waals surface area contributed by atoms with E-state index >= 15 is 0 Å². The van der Waals surface area contributed by atoms with Gasteiger partial charge in [-0.15, -0.1) is 21.1 Å². The Kier molecular flexibility index (Phi) is 4.82. The second-order valence-corrected chi connectivity index (χ2v) is 8.42. The first-order valence-corrected chi connectivity index (χ1v) is 10.1. The largest absolute Gasteiger partial charge is 0.467 e. The molecule has 1 aliphatic rings. The summed E-state index contributed by atoms with van der Waals surface area (Å²) in [6, 6.07) is -1.49. The maximum absolute atomic E-state index is 12.6. The second-order valence-electron chi connectivity index (χ2n) is 5.72. The zero-order valence-corrected chi connectivity index (χ0v) is 16.2. The molecule has 1 saturated carbocycles. The van der Waals surface area contributed by atoms with E-state index in [4.69, 9.17) is 4.74 Å². The van der Waals surface area contributed by atoms with Crippen molar-refractivity contribution in [2.45, 2.75) is 30.7 Å². The third-order valence-corrected chi connectivity index (χ3v) is 6.43. The normalized spacial score (nSPS) is 14.0. The summed E-state index contributed by atoms with van der Waals surface area (Å²) >= 11 is 1.01. The first kappa shape index (κ1) is 19.1.